The van der Waals surface area contributed by atoms with Gasteiger partial charge in [0.25, 0.3) is 11.8 Å². The molecular formula is C19H24F4N2O2. The highest BCUT2D eigenvalue weighted by molar-refractivity contribution is 5.94. The van der Waals surface area contributed by atoms with Crippen molar-refractivity contribution < 1.29 is 27.5 Å². The summed E-state index contributed by atoms with van der Waals surface area (Å²) in [5.41, 5.74) is -0.117. The fourth-order valence-corrected chi connectivity index (χ4v) is 4.34. The molecule has 0 radical (unpaired) electrons. The van der Waals surface area contributed by atoms with E-state index < -0.39 is 29.5 Å². The number of hydrogen-bond acceptors (Lipinski definition) is 3. The van der Waals surface area contributed by atoms with Crippen molar-refractivity contribution in [1.82, 2.24) is 9.80 Å². The lowest BCUT2D eigenvalue weighted by Crippen LogP contribution is -2.43. The third kappa shape index (κ3) is 4.27. The summed E-state index contributed by atoms with van der Waals surface area (Å²) in [6, 6.07) is 2.06. The number of rotatable bonds is 5. The summed E-state index contributed by atoms with van der Waals surface area (Å²) < 4.78 is 54.0. The second kappa shape index (κ2) is 7.75. The standard InChI is InChI=1S/C19H24F4N2O2/c1-2-12-8-25(18(27)13-5-14(20)7-15(21)6-13)17(10-26)16(12)9-24-4-3-19(22,23)11-24/h5-7,12,16-17,26H,2-4,8-11H2,1H3/t12-,16-,17-/m1/s1. The van der Waals surface area contributed by atoms with Crippen molar-refractivity contribution in [3.8, 4) is 0 Å². The number of aliphatic hydroxyl groups excluding tert-OH is 1. The highest BCUT2D eigenvalue weighted by Crippen LogP contribution is 2.36. The molecule has 1 aromatic rings. The molecule has 2 aliphatic rings. The van der Waals surface area contributed by atoms with Crippen LogP contribution in [0, 0.1) is 23.5 Å². The Morgan fingerprint density at radius 3 is 2.44 bits per heavy atom. The van der Waals surface area contributed by atoms with Crippen LogP contribution in [0.4, 0.5) is 17.6 Å². The van der Waals surface area contributed by atoms with Crippen molar-refractivity contribution in [3.05, 3.63) is 35.4 Å². The molecule has 150 valence electrons. The van der Waals surface area contributed by atoms with Gasteiger partial charge in [-0.05, 0) is 24.0 Å². The van der Waals surface area contributed by atoms with Gasteiger partial charge < -0.3 is 10.0 Å². The van der Waals surface area contributed by atoms with Crippen molar-refractivity contribution in [2.75, 3.05) is 32.8 Å². The molecule has 3 rings (SSSR count). The molecule has 0 spiro atoms. The minimum atomic E-state index is -2.70. The van der Waals surface area contributed by atoms with Gasteiger partial charge >= 0.3 is 0 Å². The van der Waals surface area contributed by atoms with Crippen LogP contribution in [0.2, 0.25) is 0 Å². The summed E-state index contributed by atoms with van der Waals surface area (Å²) in [6.07, 6.45) is 0.526. The van der Waals surface area contributed by atoms with E-state index in [0.29, 0.717) is 25.6 Å². The van der Waals surface area contributed by atoms with E-state index in [1.165, 1.54) is 4.90 Å². The number of hydrogen-bond donors (Lipinski definition) is 1. The maximum Gasteiger partial charge on any atom is 0.261 e. The second-order valence-corrected chi connectivity index (χ2v) is 7.54. The Labute approximate surface area is 155 Å². The largest absolute Gasteiger partial charge is 0.394 e. The molecular weight excluding hydrogens is 364 g/mol. The van der Waals surface area contributed by atoms with Crippen LogP contribution in [-0.4, -0.2) is 65.6 Å². The smallest absolute Gasteiger partial charge is 0.261 e. The average molecular weight is 388 g/mol. The van der Waals surface area contributed by atoms with Crippen LogP contribution in [0.25, 0.3) is 0 Å². The van der Waals surface area contributed by atoms with Gasteiger partial charge in [-0.25, -0.2) is 17.6 Å². The van der Waals surface area contributed by atoms with Gasteiger partial charge in [-0.2, -0.15) is 0 Å². The average Bonchev–Trinajstić information content (AvgIpc) is 3.12. The summed E-state index contributed by atoms with van der Waals surface area (Å²) in [5.74, 6) is -5.10. The van der Waals surface area contributed by atoms with Crippen molar-refractivity contribution in [1.29, 1.82) is 0 Å². The number of benzene rings is 1. The normalized spacial score (nSPS) is 28.1. The second-order valence-electron chi connectivity index (χ2n) is 7.54. The molecule has 0 unspecified atom stereocenters. The molecule has 2 heterocycles. The third-order valence-electron chi connectivity index (χ3n) is 5.73. The first-order valence-corrected chi connectivity index (χ1v) is 9.22. The van der Waals surface area contributed by atoms with E-state index in [1.807, 2.05) is 6.92 Å². The number of halogens is 4. The highest BCUT2D eigenvalue weighted by Gasteiger charge is 2.46. The van der Waals surface area contributed by atoms with Crippen molar-refractivity contribution >= 4 is 5.91 Å². The minimum absolute atomic E-state index is 0.0266. The Morgan fingerprint density at radius 1 is 1.26 bits per heavy atom. The molecule has 2 saturated heterocycles. The van der Waals surface area contributed by atoms with Crippen molar-refractivity contribution in [2.24, 2.45) is 11.8 Å². The molecule has 3 atom stereocenters. The number of nitrogens with zero attached hydrogens (tertiary/aromatic N) is 2. The monoisotopic (exact) mass is 388 g/mol. The van der Waals surface area contributed by atoms with E-state index in [-0.39, 0.29) is 43.5 Å². The summed E-state index contributed by atoms with van der Waals surface area (Å²) in [4.78, 5) is 15.9. The molecule has 0 saturated carbocycles. The number of likely N-dealkylation sites (tertiary alicyclic amines) is 2. The molecule has 27 heavy (non-hydrogen) atoms. The Hall–Kier alpha value is -1.67. The number of alkyl halides is 2. The van der Waals surface area contributed by atoms with Gasteiger partial charge in [0.2, 0.25) is 0 Å². The molecule has 0 aromatic heterocycles. The van der Waals surface area contributed by atoms with Crippen LogP contribution in [0.1, 0.15) is 30.1 Å². The number of carbonyl (C=O) groups is 1. The Morgan fingerprint density at radius 2 is 1.93 bits per heavy atom. The van der Waals surface area contributed by atoms with E-state index in [9.17, 15) is 27.5 Å². The summed E-state index contributed by atoms with van der Waals surface area (Å²) in [5, 5.41) is 9.89. The van der Waals surface area contributed by atoms with E-state index in [4.69, 9.17) is 0 Å². The van der Waals surface area contributed by atoms with Gasteiger partial charge in [-0.3, -0.25) is 9.69 Å². The first-order chi connectivity index (χ1) is 12.7. The molecule has 4 nitrogen and oxygen atoms in total. The molecule has 2 fully saturated rings. The Bertz CT molecular complexity index is 680. The first-order valence-electron chi connectivity index (χ1n) is 9.22. The van der Waals surface area contributed by atoms with E-state index in [2.05, 4.69) is 0 Å². The van der Waals surface area contributed by atoms with Crippen LogP contribution in [0.3, 0.4) is 0 Å². The number of carbonyl (C=O) groups excluding carboxylic acids is 1. The van der Waals surface area contributed by atoms with Gasteiger partial charge in [0, 0.05) is 37.7 Å². The zero-order valence-electron chi connectivity index (χ0n) is 15.2. The Kier molecular flexibility index (Phi) is 5.76. The van der Waals surface area contributed by atoms with Crippen molar-refractivity contribution in [2.45, 2.75) is 31.7 Å². The number of amides is 1. The fourth-order valence-electron chi connectivity index (χ4n) is 4.34. The maximum atomic E-state index is 13.5. The lowest BCUT2D eigenvalue weighted by atomic mass is 9.88. The molecule has 1 aromatic carbocycles. The molecule has 1 N–H and O–H groups in total. The molecule has 1 amide bonds. The molecule has 0 bridgehead atoms. The maximum absolute atomic E-state index is 13.5. The topological polar surface area (TPSA) is 43.8 Å². The third-order valence-corrected chi connectivity index (χ3v) is 5.73. The van der Waals surface area contributed by atoms with Gasteiger partial charge in [-0.1, -0.05) is 13.3 Å². The lowest BCUT2D eigenvalue weighted by molar-refractivity contribution is 0.00885. The van der Waals surface area contributed by atoms with Crippen LogP contribution >= 0.6 is 0 Å². The van der Waals surface area contributed by atoms with E-state index in [0.717, 1.165) is 12.1 Å². The summed E-state index contributed by atoms with van der Waals surface area (Å²) >= 11 is 0. The quantitative estimate of drug-likeness (QED) is 0.789. The molecule has 8 heteroatoms. The first kappa shape index (κ1) is 20.1. The zero-order chi connectivity index (χ0) is 19.8. The van der Waals surface area contributed by atoms with Gasteiger partial charge in [-0.15, -0.1) is 0 Å². The predicted octanol–water partition coefficient (Wildman–Crippen LogP) is 2.76. The fraction of sp³-hybridized carbons (Fsp3) is 0.632. The zero-order valence-corrected chi connectivity index (χ0v) is 15.2. The van der Waals surface area contributed by atoms with Crippen LogP contribution in [0.5, 0.6) is 0 Å². The van der Waals surface area contributed by atoms with Gasteiger partial charge in [0.15, 0.2) is 0 Å². The van der Waals surface area contributed by atoms with Gasteiger partial charge in [0.1, 0.15) is 11.6 Å². The van der Waals surface area contributed by atoms with E-state index >= 15 is 0 Å². The number of aliphatic hydroxyl groups is 1. The highest BCUT2D eigenvalue weighted by atomic mass is 19.3. The summed E-state index contributed by atoms with van der Waals surface area (Å²) in [6.45, 7) is 2.27. The summed E-state index contributed by atoms with van der Waals surface area (Å²) in [7, 11) is 0. The van der Waals surface area contributed by atoms with E-state index in [1.54, 1.807) is 4.90 Å². The SMILES string of the molecule is CC[C@@H]1CN(C(=O)c2cc(F)cc(F)c2)[C@H](CO)[C@@H]1CN1CCC(F)(F)C1. The Balaban J connectivity index is 1.79. The van der Waals surface area contributed by atoms with Crippen LogP contribution in [-0.2, 0) is 0 Å². The predicted molar refractivity (Wildman–Crippen MR) is 91.5 cm³/mol. The van der Waals surface area contributed by atoms with Gasteiger partial charge in [0.05, 0.1) is 19.2 Å². The van der Waals surface area contributed by atoms with Crippen LogP contribution in [0.15, 0.2) is 18.2 Å². The molecule has 2 aliphatic heterocycles. The van der Waals surface area contributed by atoms with Crippen molar-refractivity contribution in [3.63, 3.8) is 0 Å². The molecule has 0 aliphatic carbocycles. The minimum Gasteiger partial charge on any atom is -0.394 e. The lowest BCUT2D eigenvalue weighted by Gasteiger charge is -2.30. The van der Waals surface area contributed by atoms with Crippen LogP contribution < -0.4 is 0 Å².